The minimum atomic E-state index is -1.42. The Morgan fingerprint density at radius 3 is 2.09 bits per heavy atom. The van der Waals surface area contributed by atoms with Crippen LogP contribution in [0.4, 0.5) is 4.39 Å². The van der Waals surface area contributed by atoms with Gasteiger partial charge >= 0.3 is 11.9 Å². The van der Waals surface area contributed by atoms with Crippen molar-refractivity contribution in [3.05, 3.63) is 0 Å². The minimum Gasteiger partial charge on any atom is -0.480 e. The molecule has 2 aliphatic rings. The second-order valence-electron chi connectivity index (χ2n) is 9.90. The second kappa shape index (κ2) is 9.72. The summed E-state index contributed by atoms with van der Waals surface area (Å²) >= 11 is 0. The largest absolute Gasteiger partial charge is 0.480 e. The van der Waals surface area contributed by atoms with Gasteiger partial charge in [0.15, 0.2) is 0 Å². The van der Waals surface area contributed by atoms with Crippen LogP contribution in [0.5, 0.6) is 0 Å². The highest BCUT2D eigenvalue weighted by atomic mass is 19.1. The number of carboxylic acids is 2. The van der Waals surface area contributed by atoms with E-state index in [2.05, 4.69) is 0 Å². The normalized spacial score (nSPS) is 30.8. The van der Waals surface area contributed by atoms with Gasteiger partial charge in [0.2, 0.25) is 11.8 Å². The molecule has 32 heavy (non-hydrogen) atoms. The lowest BCUT2D eigenvalue weighted by Gasteiger charge is -2.33. The van der Waals surface area contributed by atoms with E-state index in [0.29, 0.717) is 0 Å². The maximum Gasteiger partial charge on any atom is 0.326 e. The predicted molar refractivity (Wildman–Crippen MR) is 112 cm³/mol. The molecule has 0 aromatic heterocycles. The molecule has 0 saturated carbocycles. The Morgan fingerprint density at radius 2 is 1.62 bits per heavy atom. The lowest BCUT2D eigenvalue weighted by Crippen LogP contribution is -2.48. The average Bonchev–Trinajstić information content (AvgIpc) is 3.22. The van der Waals surface area contributed by atoms with E-state index in [9.17, 15) is 33.8 Å². The number of ether oxygens (including phenoxy) is 1. The summed E-state index contributed by atoms with van der Waals surface area (Å²) in [5, 5.41) is 19.3. The van der Waals surface area contributed by atoms with E-state index in [1.54, 1.807) is 27.7 Å². The molecule has 2 fully saturated rings. The van der Waals surface area contributed by atoms with Crippen LogP contribution >= 0.6 is 0 Å². The fourth-order valence-corrected chi connectivity index (χ4v) is 4.89. The third-order valence-corrected chi connectivity index (χ3v) is 6.90. The maximum absolute atomic E-state index is 14.2. The van der Waals surface area contributed by atoms with Gasteiger partial charge in [0.25, 0.3) is 0 Å². The van der Waals surface area contributed by atoms with Crippen LogP contribution in [0.1, 0.15) is 47.5 Å². The highest BCUT2D eigenvalue weighted by molar-refractivity contribution is 5.88. The third kappa shape index (κ3) is 4.89. The van der Waals surface area contributed by atoms with E-state index < -0.39 is 59.5 Å². The standard InChI is InChI=1S/C22H35FN2O7/c1-11(2)18(26)24-10-15(32-6)13(17(24)20(29)30)7-8-22(4,5)21(31)25-9-14(23)12(3)16(25)19(27)28/h11-17H,7-10H2,1-6H3,(H,27,28)(H,29,30)/t12-,13?,14+,15-,16-,17-/m0/s1. The predicted octanol–water partition coefficient (Wildman–Crippen LogP) is 1.65. The van der Waals surface area contributed by atoms with Crippen LogP contribution in [0.3, 0.4) is 0 Å². The molecule has 2 amide bonds. The molecule has 0 aromatic rings. The Kier molecular flexibility index (Phi) is 7.91. The van der Waals surface area contributed by atoms with Crippen LogP contribution < -0.4 is 0 Å². The number of amides is 2. The molecule has 2 rings (SSSR count). The number of likely N-dealkylation sites (tertiary alicyclic amines) is 2. The van der Waals surface area contributed by atoms with Gasteiger partial charge in [0.1, 0.15) is 18.3 Å². The van der Waals surface area contributed by atoms with E-state index in [0.717, 1.165) is 4.90 Å². The Morgan fingerprint density at radius 1 is 1.06 bits per heavy atom. The number of hydrogen-bond donors (Lipinski definition) is 2. The summed E-state index contributed by atoms with van der Waals surface area (Å²) in [7, 11) is 1.46. The van der Waals surface area contributed by atoms with Crippen molar-refractivity contribution in [2.75, 3.05) is 20.2 Å². The first kappa shape index (κ1) is 26.0. The fourth-order valence-electron chi connectivity index (χ4n) is 4.89. The Labute approximate surface area is 187 Å². The van der Waals surface area contributed by atoms with Crippen LogP contribution in [0.25, 0.3) is 0 Å². The number of hydrogen-bond acceptors (Lipinski definition) is 5. The number of alkyl halides is 1. The molecule has 2 saturated heterocycles. The van der Waals surface area contributed by atoms with Crippen molar-refractivity contribution in [2.45, 2.75) is 71.8 Å². The molecule has 6 atom stereocenters. The first-order chi connectivity index (χ1) is 14.7. The highest BCUT2D eigenvalue weighted by Gasteiger charge is 2.51. The van der Waals surface area contributed by atoms with Gasteiger partial charge in [-0.2, -0.15) is 0 Å². The number of carbonyl (C=O) groups is 4. The molecule has 0 aliphatic carbocycles. The zero-order valence-electron chi connectivity index (χ0n) is 19.6. The van der Waals surface area contributed by atoms with Gasteiger partial charge in [0.05, 0.1) is 12.6 Å². The third-order valence-electron chi connectivity index (χ3n) is 6.90. The lowest BCUT2D eigenvalue weighted by atomic mass is 9.80. The van der Waals surface area contributed by atoms with Crippen molar-refractivity contribution < 1.29 is 38.5 Å². The Bertz CT molecular complexity index is 757. The fraction of sp³-hybridized carbons (Fsp3) is 0.818. The number of methoxy groups -OCH3 is 1. The number of halogens is 1. The van der Waals surface area contributed by atoms with E-state index in [4.69, 9.17) is 4.74 Å². The van der Waals surface area contributed by atoms with Gasteiger partial charge in [-0.25, -0.2) is 14.0 Å². The van der Waals surface area contributed by atoms with Crippen LogP contribution in [0.15, 0.2) is 0 Å². The Balaban J connectivity index is 2.20. The zero-order chi connectivity index (χ0) is 24.5. The first-order valence-electron chi connectivity index (χ1n) is 11.0. The monoisotopic (exact) mass is 458 g/mol. The average molecular weight is 459 g/mol. The number of carbonyl (C=O) groups excluding carboxylic acids is 2. The molecule has 1 unspecified atom stereocenters. The maximum atomic E-state index is 14.2. The quantitative estimate of drug-likeness (QED) is 0.567. The lowest BCUT2D eigenvalue weighted by molar-refractivity contribution is -0.154. The molecule has 10 heteroatoms. The van der Waals surface area contributed by atoms with E-state index in [-0.39, 0.29) is 37.8 Å². The molecular weight excluding hydrogens is 423 g/mol. The highest BCUT2D eigenvalue weighted by Crippen LogP contribution is 2.38. The van der Waals surface area contributed by atoms with Crippen molar-refractivity contribution in [3.8, 4) is 0 Å². The van der Waals surface area contributed by atoms with E-state index in [1.165, 1.54) is 18.9 Å². The van der Waals surface area contributed by atoms with E-state index >= 15 is 0 Å². The van der Waals surface area contributed by atoms with Crippen molar-refractivity contribution in [3.63, 3.8) is 0 Å². The van der Waals surface area contributed by atoms with Crippen molar-refractivity contribution >= 4 is 23.8 Å². The summed E-state index contributed by atoms with van der Waals surface area (Å²) in [6.45, 7) is 8.04. The number of aliphatic carboxylic acids is 2. The topological polar surface area (TPSA) is 124 Å². The van der Waals surface area contributed by atoms with Gasteiger partial charge in [-0.05, 0) is 12.8 Å². The molecular formula is C22H35FN2O7. The summed E-state index contributed by atoms with van der Waals surface area (Å²) in [6, 6.07) is -2.31. The molecule has 0 bridgehead atoms. The van der Waals surface area contributed by atoms with Gasteiger partial charge < -0.3 is 24.7 Å². The van der Waals surface area contributed by atoms with Gasteiger partial charge in [0, 0.05) is 36.8 Å². The summed E-state index contributed by atoms with van der Waals surface area (Å²) in [5.74, 6) is -4.85. The number of nitrogens with zero attached hydrogens (tertiary/aromatic N) is 2. The molecule has 2 aliphatic heterocycles. The van der Waals surface area contributed by atoms with Gasteiger partial charge in [-0.3, -0.25) is 9.59 Å². The summed E-state index contributed by atoms with van der Waals surface area (Å²) in [5.41, 5.74) is -1.05. The molecule has 0 radical (unpaired) electrons. The molecule has 2 N–H and O–H groups in total. The second-order valence-corrected chi connectivity index (χ2v) is 9.90. The van der Waals surface area contributed by atoms with Crippen LogP contribution in [0.2, 0.25) is 0 Å². The van der Waals surface area contributed by atoms with E-state index in [1.807, 2.05) is 0 Å². The van der Waals surface area contributed by atoms with Gasteiger partial charge in [-0.15, -0.1) is 0 Å². The Hall–Kier alpha value is -2.23. The molecule has 182 valence electrons. The van der Waals surface area contributed by atoms with Crippen LogP contribution in [-0.4, -0.2) is 88.3 Å². The smallest absolute Gasteiger partial charge is 0.326 e. The summed E-state index contributed by atoms with van der Waals surface area (Å²) < 4.78 is 19.7. The number of rotatable bonds is 8. The minimum absolute atomic E-state index is 0.151. The number of carboxylic acid groups (broad SMARTS) is 2. The molecule has 0 spiro atoms. The molecule has 0 aromatic carbocycles. The van der Waals surface area contributed by atoms with Crippen molar-refractivity contribution in [1.29, 1.82) is 0 Å². The summed E-state index contributed by atoms with van der Waals surface area (Å²) in [6.07, 6.45) is -1.41. The van der Waals surface area contributed by atoms with Crippen LogP contribution in [0, 0.1) is 23.2 Å². The first-order valence-corrected chi connectivity index (χ1v) is 11.0. The SMILES string of the molecule is CO[C@H]1CN(C(=O)C(C)C)[C@H](C(=O)O)C1CCC(C)(C)C(=O)N1C[C@@H](F)[C@H](C)[C@H]1C(=O)O. The van der Waals surface area contributed by atoms with Crippen molar-refractivity contribution in [2.24, 2.45) is 23.2 Å². The summed E-state index contributed by atoms with van der Waals surface area (Å²) in [4.78, 5) is 51.9. The molecule has 9 nitrogen and oxygen atoms in total. The van der Waals surface area contributed by atoms with Gasteiger partial charge in [-0.1, -0.05) is 34.6 Å². The zero-order valence-corrected chi connectivity index (χ0v) is 19.6. The van der Waals surface area contributed by atoms with Crippen molar-refractivity contribution in [1.82, 2.24) is 9.80 Å². The molecule has 2 heterocycles. The van der Waals surface area contributed by atoms with Crippen LogP contribution in [-0.2, 0) is 23.9 Å².